The summed E-state index contributed by atoms with van der Waals surface area (Å²) in [6.07, 6.45) is 0. The van der Waals surface area contributed by atoms with Gasteiger partial charge < -0.3 is 19.6 Å². The van der Waals surface area contributed by atoms with Gasteiger partial charge in [-0.25, -0.2) is 0 Å². The first-order valence-corrected chi connectivity index (χ1v) is 8.18. The Kier molecular flexibility index (Phi) is 5.18. The molecule has 1 N–H and O–H groups in total. The van der Waals surface area contributed by atoms with Gasteiger partial charge in [0.25, 0.3) is 11.8 Å². The van der Waals surface area contributed by atoms with Crippen LogP contribution < -0.4 is 4.74 Å². The second-order valence-electron chi connectivity index (χ2n) is 5.80. The minimum absolute atomic E-state index is 0.00794. The molecule has 2 amide bonds. The molecule has 1 saturated heterocycles. The molecule has 0 aromatic heterocycles. The Morgan fingerprint density at radius 2 is 1.48 bits per heavy atom. The summed E-state index contributed by atoms with van der Waals surface area (Å²) >= 11 is 0. The average molecular weight is 340 g/mol. The summed E-state index contributed by atoms with van der Waals surface area (Å²) in [6.45, 7) is 1.80. The smallest absolute Gasteiger partial charge is 0.260 e. The molecule has 2 aromatic rings. The predicted molar refractivity (Wildman–Crippen MR) is 92.5 cm³/mol. The lowest BCUT2D eigenvalue weighted by Crippen LogP contribution is -2.51. The summed E-state index contributed by atoms with van der Waals surface area (Å²) in [5, 5.41) is 9.64. The number of amides is 2. The van der Waals surface area contributed by atoms with Gasteiger partial charge in [-0.2, -0.15) is 0 Å². The lowest BCUT2D eigenvalue weighted by atomic mass is 10.2. The van der Waals surface area contributed by atoms with Crippen LogP contribution in [0, 0.1) is 0 Å². The number of phenols is 1. The molecule has 1 fully saturated rings. The summed E-state index contributed by atoms with van der Waals surface area (Å²) in [5.74, 6) is 0.121. The Morgan fingerprint density at radius 3 is 2.16 bits per heavy atom. The summed E-state index contributed by atoms with van der Waals surface area (Å²) in [4.78, 5) is 28.1. The molecular formula is C19H20N2O4. The first kappa shape index (κ1) is 16.8. The third-order valence-corrected chi connectivity index (χ3v) is 4.16. The maximum Gasteiger partial charge on any atom is 0.260 e. The van der Waals surface area contributed by atoms with Gasteiger partial charge in [-0.1, -0.05) is 30.3 Å². The Morgan fingerprint density at radius 1 is 0.880 bits per heavy atom. The standard InChI is InChI=1S/C19H20N2O4/c22-16-8-4-5-9-17(16)25-14-18(23)20-10-12-21(13-11-20)19(24)15-6-2-1-3-7-15/h1-9,22H,10-14H2. The monoisotopic (exact) mass is 340 g/mol. The van der Waals surface area contributed by atoms with Crippen molar-refractivity contribution in [2.75, 3.05) is 32.8 Å². The molecule has 0 radical (unpaired) electrons. The Bertz CT molecular complexity index is 740. The van der Waals surface area contributed by atoms with Gasteiger partial charge in [-0.15, -0.1) is 0 Å². The first-order chi connectivity index (χ1) is 12.1. The van der Waals surface area contributed by atoms with Crippen molar-refractivity contribution < 1.29 is 19.4 Å². The topological polar surface area (TPSA) is 70.1 Å². The minimum atomic E-state index is -0.157. The Balaban J connectivity index is 1.49. The molecule has 2 aromatic carbocycles. The number of aromatic hydroxyl groups is 1. The fourth-order valence-electron chi connectivity index (χ4n) is 2.73. The number of carbonyl (C=O) groups is 2. The predicted octanol–water partition coefficient (Wildman–Crippen LogP) is 1.76. The van der Waals surface area contributed by atoms with E-state index < -0.39 is 0 Å². The fourth-order valence-corrected chi connectivity index (χ4v) is 2.73. The van der Waals surface area contributed by atoms with E-state index >= 15 is 0 Å². The molecule has 1 heterocycles. The van der Waals surface area contributed by atoms with Gasteiger partial charge in [0.1, 0.15) is 0 Å². The van der Waals surface area contributed by atoms with Crippen LogP contribution >= 0.6 is 0 Å². The molecule has 130 valence electrons. The van der Waals surface area contributed by atoms with Crippen molar-refractivity contribution in [2.24, 2.45) is 0 Å². The molecule has 0 bridgehead atoms. The highest BCUT2D eigenvalue weighted by atomic mass is 16.5. The number of hydrogen-bond acceptors (Lipinski definition) is 4. The molecule has 3 rings (SSSR count). The van der Waals surface area contributed by atoms with Crippen LogP contribution in [0.15, 0.2) is 54.6 Å². The molecule has 0 unspecified atom stereocenters. The van der Waals surface area contributed by atoms with E-state index in [-0.39, 0.29) is 29.9 Å². The van der Waals surface area contributed by atoms with Gasteiger partial charge in [0.15, 0.2) is 18.1 Å². The maximum absolute atomic E-state index is 12.4. The number of piperazine rings is 1. The number of ether oxygens (including phenoxy) is 1. The van der Waals surface area contributed by atoms with Gasteiger partial charge in [0.05, 0.1) is 0 Å². The fraction of sp³-hybridized carbons (Fsp3) is 0.263. The molecule has 0 aliphatic carbocycles. The van der Waals surface area contributed by atoms with Gasteiger partial charge >= 0.3 is 0 Å². The number of rotatable bonds is 4. The third kappa shape index (κ3) is 4.09. The van der Waals surface area contributed by atoms with Crippen LogP contribution in [0.1, 0.15) is 10.4 Å². The molecule has 25 heavy (non-hydrogen) atoms. The van der Waals surface area contributed by atoms with E-state index in [0.29, 0.717) is 31.7 Å². The second-order valence-corrected chi connectivity index (χ2v) is 5.80. The van der Waals surface area contributed by atoms with Crippen LogP contribution in [0.3, 0.4) is 0 Å². The average Bonchev–Trinajstić information content (AvgIpc) is 2.67. The van der Waals surface area contributed by atoms with Crippen molar-refractivity contribution >= 4 is 11.8 Å². The highest BCUT2D eigenvalue weighted by molar-refractivity contribution is 5.94. The molecule has 1 aliphatic heterocycles. The van der Waals surface area contributed by atoms with E-state index in [2.05, 4.69) is 0 Å². The van der Waals surface area contributed by atoms with Gasteiger partial charge in [-0.05, 0) is 24.3 Å². The van der Waals surface area contributed by atoms with Crippen LogP contribution in [0.5, 0.6) is 11.5 Å². The van der Waals surface area contributed by atoms with Crippen LogP contribution in [-0.4, -0.2) is 59.5 Å². The SMILES string of the molecule is O=C(COc1ccccc1O)N1CCN(C(=O)c2ccccc2)CC1. The summed E-state index contributed by atoms with van der Waals surface area (Å²) in [6, 6.07) is 15.7. The zero-order valence-corrected chi connectivity index (χ0v) is 13.8. The first-order valence-electron chi connectivity index (χ1n) is 8.18. The normalized spacial score (nSPS) is 14.2. The highest BCUT2D eigenvalue weighted by Crippen LogP contribution is 2.24. The van der Waals surface area contributed by atoms with E-state index in [1.165, 1.54) is 6.07 Å². The molecular weight excluding hydrogens is 320 g/mol. The lowest BCUT2D eigenvalue weighted by molar-refractivity contribution is -0.134. The van der Waals surface area contributed by atoms with Crippen molar-refractivity contribution in [3.8, 4) is 11.5 Å². The molecule has 6 nitrogen and oxygen atoms in total. The van der Waals surface area contributed by atoms with Crippen molar-refractivity contribution in [3.63, 3.8) is 0 Å². The van der Waals surface area contributed by atoms with Crippen molar-refractivity contribution in [3.05, 3.63) is 60.2 Å². The van der Waals surface area contributed by atoms with E-state index in [0.717, 1.165) is 0 Å². The molecule has 6 heteroatoms. The van der Waals surface area contributed by atoms with Gasteiger partial charge in [-0.3, -0.25) is 9.59 Å². The third-order valence-electron chi connectivity index (χ3n) is 4.16. The molecule has 0 spiro atoms. The van der Waals surface area contributed by atoms with E-state index in [1.807, 2.05) is 18.2 Å². The second kappa shape index (κ2) is 7.70. The van der Waals surface area contributed by atoms with Crippen LogP contribution in [0.4, 0.5) is 0 Å². The number of hydrogen-bond donors (Lipinski definition) is 1. The zero-order chi connectivity index (χ0) is 17.6. The quantitative estimate of drug-likeness (QED) is 0.921. The van der Waals surface area contributed by atoms with Gasteiger partial charge in [0.2, 0.25) is 0 Å². The minimum Gasteiger partial charge on any atom is -0.504 e. The molecule has 0 atom stereocenters. The summed E-state index contributed by atoms with van der Waals surface area (Å²) in [7, 11) is 0. The molecule has 0 saturated carbocycles. The van der Waals surface area contributed by atoms with Crippen molar-refractivity contribution in [1.29, 1.82) is 0 Å². The number of phenolic OH excluding ortho intramolecular Hbond substituents is 1. The number of nitrogens with zero attached hydrogens (tertiary/aromatic N) is 2. The summed E-state index contributed by atoms with van der Waals surface area (Å²) in [5.41, 5.74) is 0.658. The van der Waals surface area contributed by atoms with Crippen LogP contribution in [-0.2, 0) is 4.79 Å². The van der Waals surface area contributed by atoms with Crippen molar-refractivity contribution in [1.82, 2.24) is 9.80 Å². The van der Waals surface area contributed by atoms with Gasteiger partial charge in [0, 0.05) is 31.7 Å². The number of carbonyl (C=O) groups excluding carboxylic acids is 2. The van der Waals surface area contributed by atoms with E-state index in [1.54, 1.807) is 40.1 Å². The number of para-hydroxylation sites is 2. The van der Waals surface area contributed by atoms with Crippen molar-refractivity contribution in [2.45, 2.75) is 0 Å². The zero-order valence-electron chi connectivity index (χ0n) is 13.8. The van der Waals surface area contributed by atoms with E-state index in [9.17, 15) is 14.7 Å². The van der Waals surface area contributed by atoms with Crippen LogP contribution in [0.25, 0.3) is 0 Å². The Hall–Kier alpha value is -3.02. The number of benzene rings is 2. The molecule has 1 aliphatic rings. The maximum atomic E-state index is 12.4. The summed E-state index contributed by atoms with van der Waals surface area (Å²) < 4.78 is 5.37. The van der Waals surface area contributed by atoms with Crippen LogP contribution in [0.2, 0.25) is 0 Å². The largest absolute Gasteiger partial charge is 0.504 e. The Labute approximate surface area is 146 Å². The highest BCUT2D eigenvalue weighted by Gasteiger charge is 2.25. The lowest BCUT2D eigenvalue weighted by Gasteiger charge is -2.34. The van der Waals surface area contributed by atoms with E-state index in [4.69, 9.17) is 4.74 Å².